The molecule has 114 valence electrons. The van der Waals surface area contributed by atoms with E-state index in [9.17, 15) is 5.11 Å². The first-order valence-electron chi connectivity index (χ1n) is 6.88. The van der Waals surface area contributed by atoms with Gasteiger partial charge in [0.05, 0.1) is 5.76 Å². The molecule has 4 nitrogen and oxygen atoms in total. The van der Waals surface area contributed by atoms with Crippen LogP contribution in [-0.4, -0.2) is 21.7 Å². The Kier molecular flexibility index (Phi) is 13.7. The molecule has 0 atom stereocenters. The number of allylic oxidation sites excluding steroid dienone is 2. The van der Waals surface area contributed by atoms with Crippen molar-refractivity contribution in [3.8, 4) is 0 Å². The van der Waals surface area contributed by atoms with Crippen molar-refractivity contribution < 1.29 is 15.0 Å². The van der Waals surface area contributed by atoms with E-state index in [1.165, 1.54) is 5.56 Å². The van der Waals surface area contributed by atoms with Gasteiger partial charge >= 0.3 is 0 Å². The van der Waals surface area contributed by atoms with E-state index in [2.05, 4.69) is 11.9 Å². The number of hydrogen-bond acceptors (Lipinski definition) is 2. The molecule has 4 heteroatoms. The predicted molar refractivity (Wildman–Crippen MR) is 85.8 cm³/mol. The molecule has 20 heavy (non-hydrogen) atoms. The summed E-state index contributed by atoms with van der Waals surface area (Å²) in [5, 5.41) is 16.2. The Bertz CT molecular complexity index is 413. The van der Waals surface area contributed by atoms with Crippen molar-refractivity contribution in [2.24, 2.45) is 0 Å². The predicted octanol–water partition coefficient (Wildman–Crippen LogP) is 4.65. The second-order valence-corrected chi connectivity index (χ2v) is 3.78. The normalized spacial score (nSPS) is 10.3. The van der Waals surface area contributed by atoms with E-state index in [4.69, 9.17) is 9.90 Å². The summed E-state index contributed by atoms with van der Waals surface area (Å²) in [6.07, 6.45) is 10.00. The van der Waals surface area contributed by atoms with Gasteiger partial charge in [0.2, 0.25) is 0 Å². The number of H-pyrrole nitrogens is 1. The smallest absolute Gasteiger partial charge is 0.290 e. The van der Waals surface area contributed by atoms with Crippen LogP contribution in [0.15, 0.2) is 18.0 Å². The standard InChI is InChI=1S/C13H19NO.C2H6.CH2O2/c1-4-6-11-9-14-13(7-5-2)12(11)8-10(3)15;1-2;2-1-3/h5,7-9,14-15H,4,6H2,1-3H3;1-2H3;1H,(H,2,3)/b7-5-,10-8+;;. The number of aromatic amines is 1. The molecule has 0 aliphatic rings. The summed E-state index contributed by atoms with van der Waals surface area (Å²) in [7, 11) is 0. The number of nitrogens with one attached hydrogen (secondary N) is 1. The largest absolute Gasteiger partial charge is 0.513 e. The molecule has 0 fully saturated rings. The highest BCUT2D eigenvalue weighted by molar-refractivity contribution is 5.66. The molecule has 0 spiro atoms. The fourth-order valence-corrected chi connectivity index (χ4v) is 1.65. The van der Waals surface area contributed by atoms with Crippen molar-refractivity contribution in [1.29, 1.82) is 0 Å². The zero-order chi connectivity index (χ0) is 16.0. The van der Waals surface area contributed by atoms with Crippen LogP contribution in [-0.2, 0) is 11.2 Å². The lowest BCUT2D eigenvalue weighted by atomic mass is 10.1. The van der Waals surface area contributed by atoms with Crippen molar-refractivity contribution in [1.82, 2.24) is 4.98 Å². The summed E-state index contributed by atoms with van der Waals surface area (Å²) < 4.78 is 0. The average Bonchev–Trinajstić information content (AvgIpc) is 2.76. The van der Waals surface area contributed by atoms with Crippen LogP contribution < -0.4 is 0 Å². The third kappa shape index (κ3) is 8.19. The number of aromatic nitrogens is 1. The van der Waals surface area contributed by atoms with Gasteiger partial charge in [-0.25, -0.2) is 0 Å². The van der Waals surface area contributed by atoms with Gasteiger partial charge < -0.3 is 15.2 Å². The summed E-state index contributed by atoms with van der Waals surface area (Å²) >= 11 is 0. The molecular weight excluding hydrogens is 254 g/mol. The van der Waals surface area contributed by atoms with Gasteiger partial charge in [0.1, 0.15) is 0 Å². The van der Waals surface area contributed by atoms with Gasteiger partial charge in [0.15, 0.2) is 0 Å². The minimum atomic E-state index is -0.250. The van der Waals surface area contributed by atoms with Crippen molar-refractivity contribution in [3.05, 3.63) is 34.9 Å². The summed E-state index contributed by atoms with van der Waals surface area (Å²) in [6.45, 7) is 9.59. The van der Waals surface area contributed by atoms with Crippen LogP contribution in [0.5, 0.6) is 0 Å². The molecule has 1 heterocycles. The highest BCUT2D eigenvalue weighted by Crippen LogP contribution is 2.20. The summed E-state index contributed by atoms with van der Waals surface area (Å²) in [4.78, 5) is 11.6. The molecule has 0 amide bonds. The van der Waals surface area contributed by atoms with Crippen molar-refractivity contribution >= 4 is 18.6 Å². The second kappa shape index (κ2) is 13.5. The second-order valence-electron chi connectivity index (χ2n) is 3.78. The van der Waals surface area contributed by atoms with Crippen molar-refractivity contribution in [2.45, 2.75) is 47.5 Å². The lowest BCUT2D eigenvalue weighted by Gasteiger charge is -1.99. The Morgan fingerprint density at radius 1 is 1.40 bits per heavy atom. The number of hydrogen-bond donors (Lipinski definition) is 3. The first-order valence-corrected chi connectivity index (χ1v) is 6.88. The molecule has 0 aliphatic carbocycles. The highest BCUT2D eigenvalue weighted by Gasteiger charge is 2.06. The van der Waals surface area contributed by atoms with Crippen LogP contribution in [0, 0.1) is 0 Å². The van der Waals surface area contributed by atoms with E-state index in [1.54, 1.807) is 6.92 Å². The van der Waals surface area contributed by atoms with Gasteiger partial charge in [0, 0.05) is 17.5 Å². The van der Waals surface area contributed by atoms with Gasteiger partial charge in [-0.2, -0.15) is 0 Å². The molecule has 0 radical (unpaired) electrons. The van der Waals surface area contributed by atoms with Crippen LogP contribution in [0.2, 0.25) is 0 Å². The fraction of sp³-hybridized carbons (Fsp3) is 0.438. The van der Waals surface area contributed by atoms with Crippen LogP contribution in [0.4, 0.5) is 0 Å². The molecule has 0 aliphatic heterocycles. The average molecular weight is 281 g/mol. The molecule has 1 aromatic rings. The van der Waals surface area contributed by atoms with Gasteiger partial charge in [-0.3, -0.25) is 4.79 Å². The van der Waals surface area contributed by atoms with Gasteiger partial charge in [-0.1, -0.05) is 33.3 Å². The number of rotatable bonds is 4. The molecular formula is C16H27NO3. The third-order valence-corrected chi connectivity index (χ3v) is 2.24. The third-order valence-electron chi connectivity index (χ3n) is 2.24. The minimum Gasteiger partial charge on any atom is -0.513 e. The van der Waals surface area contributed by atoms with Crippen LogP contribution in [0.25, 0.3) is 12.2 Å². The van der Waals surface area contributed by atoms with Gasteiger partial charge in [-0.05, 0) is 38.0 Å². The maximum atomic E-state index is 9.33. The molecule has 0 aromatic carbocycles. The van der Waals surface area contributed by atoms with Gasteiger partial charge in [-0.15, -0.1) is 0 Å². The number of carboxylic acid groups (broad SMARTS) is 1. The van der Waals surface area contributed by atoms with Crippen LogP contribution in [0.3, 0.4) is 0 Å². The quantitative estimate of drug-likeness (QED) is 0.555. The number of aliphatic hydroxyl groups excluding tert-OH is 1. The van der Waals surface area contributed by atoms with E-state index in [-0.39, 0.29) is 6.47 Å². The first kappa shape index (κ1) is 20.3. The molecule has 3 N–H and O–H groups in total. The number of carbonyl (C=O) groups is 1. The lowest BCUT2D eigenvalue weighted by Crippen LogP contribution is -1.85. The van der Waals surface area contributed by atoms with E-state index < -0.39 is 0 Å². The maximum Gasteiger partial charge on any atom is 0.290 e. The SMILES string of the molecule is C/C=C\c1[nH]cc(CCC)c1/C=C(\C)O.CC.O=CO. The van der Waals surface area contributed by atoms with Crippen LogP contribution in [0.1, 0.15) is 57.9 Å². The first-order chi connectivity index (χ1) is 9.60. The maximum absolute atomic E-state index is 9.33. The molecule has 0 bridgehead atoms. The summed E-state index contributed by atoms with van der Waals surface area (Å²) in [6, 6.07) is 0. The van der Waals surface area contributed by atoms with Gasteiger partial charge in [0.25, 0.3) is 6.47 Å². The Hall–Kier alpha value is -1.97. The Morgan fingerprint density at radius 2 is 1.95 bits per heavy atom. The molecule has 0 saturated heterocycles. The van der Waals surface area contributed by atoms with Crippen LogP contribution >= 0.6 is 0 Å². The Balaban J connectivity index is 0. The zero-order valence-corrected chi connectivity index (χ0v) is 13.1. The minimum absolute atomic E-state index is 0.250. The topological polar surface area (TPSA) is 73.3 Å². The van der Waals surface area contributed by atoms with E-state index >= 15 is 0 Å². The van der Waals surface area contributed by atoms with E-state index in [0.29, 0.717) is 5.76 Å². The zero-order valence-electron chi connectivity index (χ0n) is 13.1. The fourth-order valence-electron chi connectivity index (χ4n) is 1.65. The molecule has 0 unspecified atom stereocenters. The monoisotopic (exact) mass is 281 g/mol. The summed E-state index contributed by atoms with van der Waals surface area (Å²) in [5.41, 5.74) is 3.43. The lowest BCUT2D eigenvalue weighted by molar-refractivity contribution is -0.122. The van der Waals surface area contributed by atoms with Crippen molar-refractivity contribution in [2.75, 3.05) is 0 Å². The van der Waals surface area contributed by atoms with E-state index in [1.807, 2.05) is 45.2 Å². The Labute approximate surface area is 121 Å². The highest BCUT2D eigenvalue weighted by atomic mass is 16.3. The molecule has 0 saturated carbocycles. The number of aryl methyl sites for hydroxylation is 1. The van der Waals surface area contributed by atoms with Crippen molar-refractivity contribution in [3.63, 3.8) is 0 Å². The summed E-state index contributed by atoms with van der Waals surface area (Å²) in [5.74, 6) is 0.345. The molecule has 1 aromatic heterocycles. The molecule has 1 rings (SSSR count). The Morgan fingerprint density at radius 3 is 2.35 bits per heavy atom. The number of aliphatic hydroxyl groups is 1. The van der Waals surface area contributed by atoms with E-state index in [0.717, 1.165) is 24.1 Å².